The highest BCUT2D eigenvalue weighted by Gasteiger charge is 2.08. The minimum Gasteiger partial charge on any atom is -0.361 e. The number of aromatic nitrogens is 1. The molecule has 142 valence electrons. The summed E-state index contributed by atoms with van der Waals surface area (Å²) < 4.78 is 0. The first-order valence-electron chi connectivity index (χ1n) is 8.68. The van der Waals surface area contributed by atoms with Crippen molar-refractivity contribution in [1.29, 1.82) is 0 Å². The third kappa shape index (κ3) is 5.93. The van der Waals surface area contributed by atoms with Crippen molar-refractivity contribution in [2.75, 3.05) is 6.54 Å². The SMILES string of the molecule is CC(N)C(=O)NCCc1cccc([N+](=O)[O-])c1.Cc1c[nH]c2ccccc12. The second kappa shape index (κ2) is 9.49. The summed E-state index contributed by atoms with van der Waals surface area (Å²) in [5.74, 6) is -0.226. The Bertz CT molecular complexity index is 918. The summed E-state index contributed by atoms with van der Waals surface area (Å²) in [7, 11) is 0. The van der Waals surface area contributed by atoms with Crippen LogP contribution < -0.4 is 11.1 Å². The average molecular weight is 368 g/mol. The highest BCUT2D eigenvalue weighted by molar-refractivity contribution is 5.82. The fourth-order valence-corrected chi connectivity index (χ4v) is 2.53. The molecule has 2 aromatic carbocycles. The standard InChI is InChI=1S/C11H15N3O3.C9H9N/c1-8(12)11(15)13-6-5-9-3-2-4-10(7-9)14(16)17;1-7-6-10-9-5-3-2-4-8(7)9/h2-4,7-8H,5-6,12H2,1H3,(H,13,15);2-6,10H,1H3. The Morgan fingerprint density at radius 1 is 1.26 bits per heavy atom. The van der Waals surface area contributed by atoms with Crippen LogP contribution in [0, 0.1) is 17.0 Å². The highest BCUT2D eigenvalue weighted by atomic mass is 16.6. The number of nitro groups is 1. The molecule has 27 heavy (non-hydrogen) atoms. The number of hydrogen-bond donors (Lipinski definition) is 3. The first-order valence-corrected chi connectivity index (χ1v) is 8.68. The first kappa shape index (κ1) is 20.1. The lowest BCUT2D eigenvalue weighted by Gasteiger charge is -2.07. The molecular formula is C20H24N4O3. The summed E-state index contributed by atoms with van der Waals surface area (Å²) in [6, 6.07) is 14.1. The minimum atomic E-state index is -0.542. The van der Waals surface area contributed by atoms with Gasteiger partial charge in [-0.25, -0.2) is 0 Å². The number of rotatable bonds is 5. The number of aromatic amines is 1. The molecule has 0 bridgehead atoms. The van der Waals surface area contributed by atoms with Gasteiger partial charge in [0.05, 0.1) is 11.0 Å². The van der Waals surface area contributed by atoms with Crippen molar-refractivity contribution < 1.29 is 9.72 Å². The quantitative estimate of drug-likeness (QED) is 0.474. The molecule has 0 fully saturated rings. The van der Waals surface area contributed by atoms with E-state index in [0.29, 0.717) is 13.0 Å². The number of carbonyl (C=O) groups excluding carboxylic acids is 1. The number of nitrogens with two attached hydrogens (primary N) is 1. The van der Waals surface area contributed by atoms with Gasteiger partial charge in [0.15, 0.2) is 0 Å². The van der Waals surface area contributed by atoms with Crippen LogP contribution in [0.25, 0.3) is 10.9 Å². The Morgan fingerprint density at radius 3 is 2.67 bits per heavy atom. The number of hydrogen-bond acceptors (Lipinski definition) is 4. The molecule has 1 atom stereocenters. The number of para-hydroxylation sites is 1. The monoisotopic (exact) mass is 368 g/mol. The van der Waals surface area contributed by atoms with Gasteiger partial charge in [0.1, 0.15) is 0 Å². The molecule has 0 spiro atoms. The van der Waals surface area contributed by atoms with Crippen LogP contribution in [-0.4, -0.2) is 28.4 Å². The van der Waals surface area contributed by atoms with Gasteiger partial charge in [-0.2, -0.15) is 0 Å². The fourth-order valence-electron chi connectivity index (χ4n) is 2.53. The number of nitrogens with zero attached hydrogens (tertiary/aromatic N) is 1. The number of nitro benzene ring substituents is 1. The second-order valence-electron chi connectivity index (χ2n) is 6.27. The van der Waals surface area contributed by atoms with E-state index in [2.05, 4.69) is 35.4 Å². The molecule has 0 aliphatic rings. The molecule has 1 unspecified atom stereocenters. The molecule has 4 N–H and O–H groups in total. The number of non-ortho nitro benzene ring substituents is 1. The maximum absolute atomic E-state index is 11.2. The first-order chi connectivity index (χ1) is 12.9. The maximum atomic E-state index is 11.2. The number of amides is 1. The molecule has 1 heterocycles. The Hall–Kier alpha value is -3.19. The average Bonchev–Trinajstić information content (AvgIpc) is 3.04. The zero-order valence-electron chi connectivity index (χ0n) is 15.4. The Kier molecular flexibility index (Phi) is 7.08. The van der Waals surface area contributed by atoms with E-state index in [9.17, 15) is 14.9 Å². The zero-order valence-corrected chi connectivity index (χ0v) is 15.4. The number of fused-ring (bicyclic) bond motifs is 1. The molecule has 0 aliphatic heterocycles. The lowest BCUT2D eigenvalue weighted by Crippen LogP contribution is -2.39. The molecule has 0 aliphatic carbocycles. The van der Waals surface area contributed by atoms with Crippen LogP contribution in [0.15, 0.2) is 54.7 Å². The Morgan fingerprint density at radius 2 is 2.00 bits per heavy atom. The third-order valence-corrected chi connectivity index (χ3v) is 4.04. The predicted molar refractivity (Wildman–Crippen MR) is 106 cm³/mol. The van der Waals surface area contributed by atoms with E-state index in [1.54, 1.807) is 19.1 Å². The van der Waals surface area contributed by atoms with Gasteiger partial charge < -0.3 is 16.0 Å². The van der Waals surface area contributed by atoms with Crippen molar-refractivity contribution in [2.24, 2.45) is 5.73 Å². The van der Waals surface area contributed by atoms with Crippen molar-refractivity contribution in [1.82, 2.24) is 10.3 Å². The van der Waals surface area contributed by atoms with Gasteiger partial charge >= 0.3 is 0 Å². The van der Waals surface area contributed by atoms with Gasteiger partial charge in [-0.3, -0.25) is 14.9 Å². The smallest absolute Gasteiger partial charge is 0.269 e. The number of carbonyl (C=O) groups is 1. The summed E-state index contributed by atoms with van der Waals surface area (Å²) in [5, 5.41) is 14.5. The lowest BCUT2D eigenvalue weighted by molar-refractivity contribution is -0.384. The van der Waals surface area contributed by atoms with Gasteiger partial charge in [0.2, 0.25) is 5.91 Å². The molecule has 0 saturated carbocycles. The van der Waals surface area contributed by atoms with Crippen molar-refractivity contribution in [3.8, 4) is 0 Å². The number of nitrogens with one attached hydrogen (secondary N) is 2. The van der Waals surface area contributed by atoms with Crippen molar-refractivity contribution in [3.63, 3.8) is 0 Å². The fraction of sp³-hybridized carbons (Fsp3) is 0.250. The van der Waals surface area contributed by atoms with Crippen molar-refractivity contribution >= 4 is 22.5 Å². The second-order valence-corrected chi connectivity index (χ2v) is 6.27. The molecule has 1 aromatic heterocycles. The van der Waals surface area contributed by atoms with E-state index in [4.69, 9.17) is 5.73 Å². The Balaban J connectivity index is 0.000000219. The summed E-state index contributed by atoms with van der Waals surface area (Å²) in [6.07, 6.45) is 2.57. The van der Waals surface area contributed by atoms with Crippen molar-refractivity contribution in [2.45, 2.75) is 26.3 Å². The van der Waals surface area contributed by atoms with Gasteiger partial charge in [0.25, 0.3) is 5.69 Å². The van der Waals surface area contributed by atoms with Gasteiger partial charge in [-0.1, -0.05) is 30.3 Å². The van der Waals surface area contributed by atoms with Crippen LogP contribution >= 0.6 is 0 Å². The summed E-state index contributed by atoms with van der Waals surface area (Å²) in [4.78, 5) is 24.5. The largest absolute Gasteiger partial charge is 0.361 e. The Labute approximate surface area is 157 Å². The third-order valence-electron chi connectivity index (χ3n) is 4.04. The van der Waals surface area contributed by atoms with Crippen LogP contribution in [0.4, 0.5) is 5.69 Å². The maximum Gasteiger partial charge on any atom is 0.269 e. The predicted octanol–water partition coefficient (Wildman–Crippen LogP) is 3.08. The number of H-pyrrole nitrogens is 1. The van der Waals surface area contributed by atoms with Crippen molar-refractivity contribution in [3.05, 3.63) is 76.0 Å². The summed E-state index contributed by atoms with van der Waals surface area (Å²) >= 11 is 0. The van der Waals surface area contributed by atoms with Crippen LogP contribution in [0.3, 0.4) is 0 Å². The van der Waals surface area contributed by atoms with E-state index >= 15 is 0 Å². The van der Waals surface area contributed by atoms with E-state index < -0.39 is 11.0 Å². The summed E-state index contributed by atoms with van der Waals surface area (Å²) in [5.41, 5.74) is 8.78. The van der Waals surface area contributed by atoms with E-state index in [-0.39, 0.29) is 11.6 Å². The molecular weight excluding hydrogens is 344 g/mol. The van der Waals surface area contributed by atoms with E-state index in [0.717, 1.165) is 5.56 Å². The number of benzene rings is 2. The normalized spacial score (nSPS) is 11.4. The van der Waals surface area contributed by atoms with E-state index in [1.165, 1.54) is 28.6 Å². The van der Waals surface area contributed by atoms with E-state index in [1.807, 2.05) is 12.3 Å². The molecule has 0 radical (unpaired) electrons. The van der Waals surface area contributed by atoms with Gasteiger partial charge in [-0.15, -0.1) is 0 Å². The van der Waals surface area contributed by atoms with Crippen LogP contribution in [-0.2, 0) is 11.2 Å². The van der Waals surface area contributed by atoms with Crippen LogP contribution in [0.2, 0.25) is 0 Å². The topological polar surface area (TPSA) is 114 Å². The summed E-state index contributed by atoms with van der Waals surface area (Å²) in [6.45, 7) is 4.13. The molecule has 7 heteroatoms. The zero-order chi connectivity index (χ0) is 19.8. The highest BCUT2D eigenvalue weighted by Crippen LogP contribution is 2.15. The molecule has 3 aromatic rings. The van der Waals surface area contributed by atoms with Gasteiger partial charge in [-0.05, 0) is 37.5 Å². The lowest BCUT2D eigenvalue weighted by atomic mass is 10.1. The van der Waals surface area contributed by atoms with Crippen LogP contribution in [0.5, 0.6) is 0 Å². The van der Waals surface area contributed by atoms with Gasteiger partial charge in [0, 0.05) is 35.8 Å². The molecule has 3 rings (SSSR count). The number of aryl methyl sites for hydroxylation is 1. The molecule has 7 nitrogen and oxygen atoms in total. The minimum absolute atomic E-state index is 0.0565. The molecule has 1 amide bonds. The van der Waals surface area contributed by atoms with Crippen LogP contribution in [0.1, 0.15) is 18.1 Å². The molecule has 0 saturated heterocycles.